The van der Waals surface area contributed by atoms with Crippen LogP contribution in [0.25, 0.3) is 11.3 Å². The van der Waals surface area contributed by atoms with Crippen LogP contribution in [0.15, 0.2) is 47.1 Å². The Balaban J connectivity index is 0.000000706. The second-order valence-corrected chi connectivity index (χ2v) is 6.90. The summed E-state index contributed by atoms with van der Waals surface area (Å²) in [7, 11) is 0. The van der Waals surface area contributed by atoms with Gasteiger partial charge in [0.15, 0.2) is 0 Å². The van der Waals surface area contributed by atoms with E-state index >= 15 is 0 Å². The lowest BCUT2D eigenvalue weighted by atomic mass is 10.0. The zero-order valence-corrected chi connectivity index (χ0v) is 15.7. The molecule has 1 fully saturated rings. The van der Waals surface area contributed by atoms with E-state index in [4.69, 9.17) is 14.4 Å². The van der Waals surface area contributed by atoms with Crippen molar-refractivity contribution in [1.82, 2.24) is 20.3 Å². The molecule has 0 spiro atoms. The number of nitrogens with zero attached hydrogens (tertiary/aromatic N) is 3. The van der Waals surface area contributed by atoms with E-state index in [9.17, 15) is 5.11 Å². The lowest BCUT2D eigenvalue weighted by Gasteiger charge is -2.15. The Morgan fingerprint density at radius 2 is 2.07 bits per heavy atom. The molecule has 0 saturated carbocycles. The van der Waals surface area contributed by atoms with Gasteiger partial charge in [0, 0.05) is 43.6 Å². The molecule has 0 unspecified atom stereocenters. The van der Waals surface area contributed by atoms with E-state index in [-0.39, 0.29) is 18.5 Å². The molecule has 0 aliphatic carbocycles. The van der Waals surface area contributed by atoms with E-state index in [1.807, 2.05) is 37.4 Å². The second-order valence-electron chi connectivity index (χ2n) is 6.90. The fourth-order valence-electron chi connectivity index (χ4n) is 3.57. The second kappa shape index (κ2) is 9.29. The summed E-state index contributed by atoms with van der Waals surface area (Å²) in [5.74, 6) is 1.01. The topological polar surface area (TPSA) is 115 Å². The number of aromatic amines is 1. The van der Waals surface area contributed by atoms with Gasteiger partial charge in [-0.05, 0) is 12.5 Å². The summed E-state index contributed by atoms with van der Waals surface area (Å²) < 4.78 is 5.30. The van der Waals surface area contributed by atoms with Crippen LogP contribution in [0.3, 0.4) is 0 Å². The molecule has 3 aromatic rings. The summed E-state index contributed by atoms with van der Waals surface area (Å²) in [5.41, 5.74) is 4.20. The summed E-state index contributed by atoms with van der Waals surface area (Å²) >= 11 is 0. The number of rotatable bonds is 5. The maximum absolute atomic E-state index is 10.4. The highest BCUT2D eigenvalue weighted by Crippen LogP contribution is 2.26. The van der Waals surface area contributed by atoms with Crippen molar-refractivity contribution in [3.05, 3.63) is 59.6 Å². The highest BCUT2D eigenvalue weighted by Gasteiger charge is 2.32. The molecule has 1 aliphatic heterocycles. The summed E-state index contributed by atoms with van der Waals surface area (Å²) in [5, 5.41) is 28.5. The van der Waals surface area contributed by atoms with Gasteiger partial charge >= 0.3 is 0 Å². The van der Waals surface area contributed by atoms with Gasteiger partial charge < -0.3 is 14.7 Å². The first-order valence-corrected chi connectivity index (χ1v) is 9.08. The van der Waals surface area contributed by atoms with Gasteiger partial charge in [-0.2, -0.15) is 5.10 Å². The molecule has 4 rings (SSSR count). The van der Waals surface area contributed by atoms with Gasteiger partial charge in [0.25, 0.3) is 6.47 Å². The molecule has 2 aromatic heterocycles. The molecule has 28 heavy (non-hydrogen) atoms. The van der Waals surface area contributed by atoms with Crippen LogP contribution in [-0.2, 0) is 17.8 Å². The Morgan fingerprint density at radius 3 is 2.75 bits per heavy atom. The highest BCUT2D eigenvalue weighted by atomic mass is 16.5. The van der Waals surface area contributed by atoms with Crippen LogP contribution in [0, 0.1) is 12.8 Å². The maximum Gasteiger partial charge on any atom is 0.290 e. The number of aliphatic hydroxyl groups excluding tert-OH is 1. The van der Waals surface area contributed by atoms with E-state index in [1.165, 1.54) is 0 Å². The average Bonchev–Trinajstić information content (AvgIpc) is 3.39. The van der Waals surface area contributed by atoms with Crippen molar-refractivity contribution >= 4 is 6.47 Å². The summed E-state index contributed by atoms with van der Waals surface area (Å²) in [6.45, 7) is 3.93. The molecule has 8 nitrogen and oxygen atoms in total. The Hall–Kier alpha value is -2.97. The highest BCUT2D eigenvalue weighted by molar-refractivity contribution is 5.62. The molecular weight excluding hydrogens is 360 g/mol. The van der Waals surface area contributed by atoms with Crippen LogP contribution in [-0.4, -0.2) is 56.1 Å². The number of β-amino-alcohol motifs (C(OH)–C–C–N with tert-alkyl or cyclic N) is 1. The molecule has 0 amide bonds. The quantitative estimate of drug-likeness (QED) is 0.577. The third-order valence-corrected chi connectivity index (χ3v) is 4.80. The van der Waals surface area contributed by atoms with Gasteiger partial charge in [-0.1, -0.05) is 35.5 Å². The van der Waals surface area contributed by atoms with Crippen LogP contribution in [0.5, 0.6) is 0 Å². The largest absolute Gasteiger partial charge is 0.483 e. The fraction of sp³-hybridized carbons (Fsp3) is 0.350. The van der Waals surface area contributed by atoms with Crippen molar-refractivity contribution in [3.8, 4) is 11.3 Å². The number of benzene rings is 1. The van der Waals surface area contributed by atoms with E-state index in [0.29, 0.717) is 6.54 Å². The molecule has 3 N–H and O–H groups in total. The molecule has 0 radical (unpaired) electrons. The lowest BCUT2D eigenvalue weighted by molar-refractivity contribution is -0.122. The van der Waals surface area contributed by atoms with E-state index in [1.54, 1.807) is 0 Å². The minimum Gasteiger partial charge on any atom is -0.483 e. The molecule has 3 heterocycles. The number of nitrogens with one attached hydrogen (secondary N) is 1. The molecule has 0 bridgehead atoms. The zero-order chi connectivity index (χ0) is 19.9. The van der Waals surface area contributed by atoms with Crippen molar-refractivity contribution in [3.63, 3.8) is 0 Å². The summed E-state index contributed by atoms with van der Waals surface area (Å²) in [6, 6.07) is 12.1. The van der Waals surface area contributed by atoms with Gasteiger partial charge in [0.1, 0.15) is 5.76 Å². The normalized spacial score (nSPS) is 19.2. The number of carbonyl (C=O) groups is 1. The predicted molar refractivity (Wildman–Crippen MR) is 102 cm³/mol. The van der Waals surface area contributed by atoms with Gasteiger partial charge in [-0.15, -0.1) is 0 Å². The van der Waals surface area contributed by atoms with E-state index < -0.39 is 0 Å². The van der Waals surface area contributed by atoms with Crippen LogP contribution in [0.2, 0.25) is 0 Å². The first kappa shape index (κ1) is 19.8. The van der Waals surface area contributed by atoms with Gasteiger partial charge in [-0.25, -0.2) is 0 Å². The molecule has 1 aromatic carbocycles. The van der Waals surface area contributed by atoms with Crippen LogP contribution in [0.1, 0.15) is 17.0 Å². The van der Waals surface area contributed by atoms with E-state index in [2.05, 4.69) is 32.4 Å². The average molecular weight is 384 g/mol. The van der Waals surface area contributed by atoms with Crippen LogP contribution in [0.4, 0.5) is 0 Å². The SMILES string of the molecule is Cc1cc(C[C@@H]2CN(Cc3cn[nH]c3-c3ccccc3)C[C@@H]2O)on1.O=CO. The number of aromatic nitrogens is 3. The maximum atomic E-state index is 10.4. The first-order valence-electron chi connectivity index (χ1n) is 9.08. The first-order chi connectivity index (χ1) is 13.6. The molecule has 148 valence electrons. The van der Waals surface area contributed by atoms with Crippen molar-refractivity contribution in [1.29, 1.82) is 0 Å². The number of carboxylic acid groups (broad SMARTS) is 1. The molecule has 1 aliphatic rings. The Bertz CT molecular complexity index is 877. The van der Waals surface area contributed by atoms with Crippen LogP contribution >= 0.6 is 0 Å². The number of aryl methyl sites for hydroxylation is 1. The third-order valence-electron chi connectivity index (χ3n) is 4.80. The summed E-state index contributed by atoms with van der Waals surface area (Å²) in [6.07, 6.45) is 2.24. The van der Waals surface area contributed by atoms with Crippen molar-refractivity contribution in [2.45, 2.75) is 26.0 Å². The zero-order valence-electron chi connectivity index (χ0n) is 15.7. The Labute approximate surface area is 162 Å². The van der Waals surface area contributed by atoms with Gasteiger partial charge in [0.2, 0.25) is 0 Å². The number of hydrogen-bond acceptors (Lipinski definition) is 6. The predicted octanol–water partition coefficient (Wildman–Crippen LogP) is 2.11. The number of hydrogen-bond donors (Lipinski definition) is 3. The monoisotopic (exact) mass is 384 g/mol. The van der Waals surface area contributed by atoms with Gasteiger partial charge in [0.05, 0.1) is 23.7 Å². The molecule has 1 saturated heterocycles. The number of likely N-dealkylation sites (tertiary alicyclic amines) is 1. The standard InChI is InChI=1S/C19H22N4O2.CH2O2/c1-13-7-17(25-22-13)8-15-10-23(12-18(15)24)11-16-9-20-21-19(16)14-5-3-2-4-6-14;2-1-3/h2-7,9,15,18,24H,8,10-12H2,1H3,(H,20,21);1H,(H,2,3)/t15-,18+;/m1./s1. The minimum atomic E-state index is -0.350. The number of aliphatic hydroxyl groups is 1. The fourth-order valence-corrected chi connectivity index (χ4v) is 3.57. The minimum absolute atomic E-state index is 0.166. The van der Waals surface area contributed by atoms with E-state index in [0.717, 1.165) is 47.8 Å². The summed E-state index contributed by atoms with van der Waals surface area (Å²) in [4.78, 5) is 10.6. The smallest absolute Gasteiger partial charge is 0.290 e. The van der Waals surface area contributed by atoms with Crippen molar-refractivity contribution < 1.29 is 19.5 Å². The van der Waals surface area contributed by atoms with Crippen LogP contribution < -0.4 is 0 Å². The van der Waals surface area contributed by atoms with Crippen molar-refractivity contribution in [2.24, 2.45) is 5.92 Å². The lowest BCUT2D eigenvalue weighted by Crippen LogP contribution is -2.21. The molecule has 2 atom stereocenters. The van der Waals surface area contributed by atoms with Crippen molar-refractivity contribution in [2.75, 3.05) is 13.1 Å². The Morgan fingerprint density at radius 1 is 1.32 bits per heavy atom. The molecule has 8 heteroatoms. The molecular formula is C20H24N4O4. The third kappa shape index (κ3) is 4.85. The number of H-pyrrole nitrogens is 1. The van der Waals surface area contributed by atoms with Gasteiger partial charge in [-0.3, -0.25) is 14.8 Å². The Kier molecular flexibility index (Phi) is 6.57.